The molecule has 290 valence electrons. The summed E-state index contributed by atoms with van der Waals surface area (Å²) in [6.45, 7) is 3.48. The molecule has 0 aliphatic carbocycles. The molecule has 0 saturated carbocycles. The van der Waals surface area contributed by atoms with E-state index < -0.39 is 49.5 Å². The molecule has 1 heterocycles. The molecule has 0 aromatic heterocycles. The molecule has 1 aliphatic heterocycles. The van der Waals surface area contributed by atoms with E-state index in [0.717, 1.165) is 64.2 Å². The topological polar surface area (TPSA) is 149 Å². The number of allylic oxidation sites excluding steroid dienone is 7. The van der Waals surface area contributed by atoms with Gasteiger partial charge in [-0.2, -0.15) is 0 Å². The maximum Gasteiger partial charge on any atom is 0.220 e. The van der Waals surface area contributed by atoms with Gasteiger partial charge in [-0.1, -0.05) is 126 Å². The van der Waals surface area contributed by atoms with Crippen molar-refractivity contribution < 1.29 is 39.8 Å². The Hall–Kier alpha value is -1.85. The molecular weight excluding hydrogens is 634 g/mol. The first-order valence-electron chi connectivity index (χ1n) is 19.8. The largest absolute Gasteiger partial charge is 0.394 e. The molecule has 7 unspecified atom stereocenters. The summed E-state index contributed by atoms with van der Waals surface area (Å²) in [6, 6.07) is -0.829. The molecule has 1 amide bonds. The van der Waals surface area contributed by atoms with E-state index in [9.17, 15) is 30.3 Å². The summed E-state index contributed by atoms with van der Waals surface area (Å²) in [4.78, 5) is 12.9. The van der Waals surface area contributed by atoms with Gasteiger partial charge in [0.05, 0.1) is 25.4 Å². The van der Waals surface area contributed by atoms with Crippen LogP contribution in [0.3, 0.4) is 0 Å². The molecular formula is C41H73NO8. The predicted molar refractivity (Wildman–Crippen MR) is 203 cm³/mol. The van der Waals surface area contributed by atoms with Gasteiger partial charge in [-0.3, -0.25) is 4.79 Å². The van der Waals surface area contributed by atoms with Gasteiger partial charge in [0, 0.05) is 6.42 Å². The summed E-state index contributed by atoms with van der Waals surface area (Å²) in [5.41, 5.74) is 0. The van der Waals surface area contributed by atoms with Crippen molar-refractivity contribution in [2.24, 2.45) is 0 Å². The highest BCUT2D eigenvalue weighted by atomic mass is 16.7. The van der Waals surface area contributed by atoms with Gasteiger partial charge in [0.25, 0.3) is 0 Å². The van der Waals surface area contributed by atoms with Gasteiger partial charge < -0.3 is 40.3 Å². The first-order valence-corrected chi connectivity index (χ1v) is 19.8. The molecule has 0 bridgehead atoms. The second kappa shape index (κ2) is 31.9. The van der Waals surface area contributed by atoms with Crippen LogP contribution in [0.1, 0.15) is 149 Å². The smallest absolute Gasteiger partial charge is 0.220 e. The molecule has 6 N–H and O–H groups in total. The van der Waals surface area contributed by atoms with Crippen molar-refractivity contribution in [1.82, 2.24) is 5.32 Å². The Labute approximate surface area is 303 Å². The fraction of sp³-hybridized carbons (Fsp3) is 0.780. The minimum atomic E-state index is -1.57. The van der Waals surface area contributed by atoms with Crippen LogP contribution in [0.5, 0.6) is 0 Å². The zero-order valence-electron chi connectivity index (χ0n) is 31.4. The van der Waals surface area contributed by atoms with Crippen LogP contribution in [0.25, 0.3) is 0 Å². The van der Waals surface area contributed by atoms with Crippen LogP contribution in [0.2, 0.25) is 0 Å². The van der Waals surface area contributed by atoms with E-state index in [-0.39, 0.29) is 12.5 Å². The monoisotopic (exact) mass is 708 g/mol. The number of nitrogens with one attached hydrogen (secondary N) is 1. The van der Waals surface area contributed by atoms with E-state index in [2.05, 4.69) is 42.6 Å². The van der Waals surface area contributed by atoms with E-state index in [1.54, 1.807) is 6.08 Å². The number of rotatable bonds is 31. The highest BCUT2D eigenvalue weighted by Gasteiger charge is 2.44. The average Bonchev–Trinajstić information content (AvgIpc) is 3.11. The SMILES string of the molecule is C/C=C/CC/C=C/CC/C=C/C(O)C(COC1OC(CO)C(O)C(O)C1O)NC(=O)CCCCCCC/C=C\CCCCCCCCCCC. The lowest BCUT2D eigenvalue weighted by Gasteiger charge is -2.40. The van der Waals surface area contributed by atoms with Gasteiger partial charge >= 0.3 is 0 Å². The minimum absolute atomic E-state index is 0.205. The van der Waals surface area contributed by atoms with E-state index in [1.165, 1.54) is 64.2 Å². The summed E-state index contributed by atoms with van der Waals surface area (Å²) in [7, 11) is 0. The van der Waals surface area contributed by atoms with Crippen LogP contribution >= 0.6 is 0 Å². The maximum absolute atomic E-state index is 12.9. The van der Waals surface area contributed by atoms with Gasteiger partial charge in [0.2, 0.25) is 5.91 Å². The van der Waals surface area contributed by atoms with Gasteiger partial charge in [-0.15, -0.1) is 0 Å². The van der Waals surface area contributed by atoms with Gasteiger partial charge in [-0.05, 0) is 64.7 Å². The summed E-state index contributed by atoms with van der Waals surface area (Å²) in [6.07, 6.45) is 31.8. The standard InChI is InChI=1S/C41H73NO8/c1-3-5-7-9-11-13-14-15-16-17-18-19-20-21-23-25-27-29-31-37(45)42-34(35(44)30-28-26-24-22-12-10-8-6-4-2)33-49-41-40(48)39(47)38(46)36(32-43)50-41/h4,6,12,18-19,22,28,30,34-36,38-41,43-44,46-48H,3,5,7-11,13-17,20-21,23-27,29,31-33H2,1-2H3,(H,42,45)/b6-4+,19-18-,22-12+,30-28+. The molecule has 1 aliphatic rings. The summed E-state index contributed by atoms with van der Waals surface area (Å²) in [5.74, 6) is -0.205. The number of amides is 1. The van der Waals surface area contributed by atoms with Crippen molar-refractivity contribution in [1.29, 1.82) is 0 Å². The highest BCUT2D eigenvalue weighted by Crippen LogP contribution is 2.22. The van der Waals surface area contributed by atoms with Crippen LogP contribution in [-0.4, -0.2) is 87.5 Å². The van der Waals surface area contributed by atoms with Crippen molar-refractivity contribution in [3.8, 4) is 0 Å². The first-order chi connectivity index (χ1) is 24.3. The molecule has 9 heteroatoms. The van der Waals surface area contributed by atoms with Crippen molar-refractivity contribution >= 4 is 5.91 Å². The highest BCUT2D eigenvalue weighted by molar-refractivity contribution is 5.76. The molecule has 0 radical (unpaired) electrons. The number of hydrogen-bond donors (Lipinski definition) is 6. The number of aliphatic hydroxyl groups is 5. The van der Waals surface area contributed by atoms with E-state index in [4.69, 9.17) is 9.47 Å². The molecule has 1 rings (SSSR count). The lowest BCUT2D eigenvalue weighted by Crippen LogP contribution is -2.60. The molecule has 0 aromatic rings. The molecule has 1 fully saturated rings. The van der Waals surface area contributed by atoms with Crippen molar-refractivity contribution in [2.45, 2.75) is 192 Å². The molecule has 50 heavy (non-hydrogen) atoms. The fourth-order valence-electron chi connectivity index (χ4n) is 5.95. The van der Waals surface area contributed by atoms with Crippen molar-refractivity contribution in [3.63, 3.8) is 0 Å². The number of carbonyl (C=O) groups is 1. The summed E-state index contributed by atoms with van der Waals surface area (Å²) in [5, 5.41) is 53.8. The molecule has 0 aromatic carbocycles. The quantitative estimate of drug-likeness (QED) is 0.0330. The molecule has 9 nitrogen and oxygen atoms in total. The van der Waals surface area contributed by atoms with Gasteiger partial charge in [0.1, 0.15) is 24.4 Å². The number of carbonyl (C=O) groups excluding carboxylic acids is 1. The number of aliphatic hydroxyl groups excluding tert-OH is 5. The predicted octanol–water partition coefficient (Wildman–Crippen LogP) is 7.11. The normalized spacial score (nSPS) is 22.7. The second-order valence-corrected chi connectivity index (χ2v) is 13.7. The Bertz CT molecular complexity index is 920. The van der Waals surface area contributed by atoms with E-state index in [0.29, 0.717) is 6.42 Å². The zero-order chi connectivity index (χ0) is 36.7. The van der Waals surface area contributed by atoms with E-state index >= 15 is 0 Å². The Morgan fingerprint density at radius 3 is 1.80 bits per heavy atom. The van der Waals surface area contributed by atoms with Crippen LogP contribution in [0.4, 0.5) is 0 Å². The van der Waals surface area contributed by atoms with E-state index in [1.807, 2.05) is 19.1 Å². The first kappa shape index (κ1) is 46.2. The third-order valence-electron chi connectivity index (χ3n) is 9.20. The fourth-order valence-corrected chi connectivity index (χ4v) is 5.95. The minimum Gasteiger partial charge on any atom is -0.394 e. The lowest BCUT2D eigenvalue weighted by atomic mass is 9.99. The zero-order valence-corrected chi connectivity index (χ0v) is 31.4. The second-order valence-electron chi connectivity index (χ2n) is 13.7. The van der Waals surface area contributed by atoms with Gasteiger partial charge in [-0.25, -0.2) is 0 Å². The third kappa shape index (κ3) is 22.9. The Morgan fingerprint density at radius 1 is 0.700 bits per heavy atom. The third-order valence-corrected chi connectivity index (χ3v) is 9.20. The number of hydrogen-bond acceptors (Lipinski definition) is 8. The number of unbranched alkanes of at least 4 members (excludes halogenated alkanes) is 16. The molecule has 1 saturated heterocycles. The van der Waals surface area contributed by atoms with Crippen LogP contribution in [0, 0.1) is 0 Å². The molecule has 7 atom stereocenters. The summed E-state index contributed by atoms with van der Waals surface area (Å²) >= 11 is 0. The van der Waals surface area contributed by atoms with Crippen LogP contribution in [0.15, 0.2) is 48.6 Å². The average molecular weight is 708 g/mol. The Kier molecular flexibility index (Phi) is 29.4. The number of ether oxygens (including phenoxy) is 2. The van der Waals surface area contributed by atoms with Gasteiger partial charge in [0.15, 0.2) is 6.29 Å². The summed E-state index contributed by atoms with van der Waals surface area (Å²) < 4.78 is 11.1. The Balaban J connectivity index is 2.39. The Morgan fingerprint density at radius 2 is 1.22 bits per heavy atom. The van der Waals surface area contributed by atoms with Crippen molar-refractivity contribution in [2.75, 3.05) is 13.2 Å². The van der Waals surface area contributed by atoms with Crippen LogP contribution in [-0.2, 0) is 14.3 Å². The van der Waals surface area contributed by atoms with Crippen molar-refractivity contribution in [3.05, 3.63) is 48.6 Å². The molecule has 0 spiro atoms. The maximum atomic E-state index is 12.9. The lowest BCUT2D eigenvalue weighted by molar-refractivity contribution is -0.302. The van der Waals surface area contributed by atoms with Crippen LogP contribution < -0.4 is 5.32 Å².